The van der Waals surface area contributed by atoms with E-state index in [9.17, 15) is 0 Å². The fourth-order valence-corrected chi connectivity index (χ4v) is 2.58. The molecular weight excluding hydrogens is 223 g/mol. The Hall–Kier alpha value is -0.303. The van der Waals surface area contributed by atoms with E-state index in [4.69, 9.17) is 14.2 Å². The van der Waals surface area contributed by atoms with Crippen LogP contribution in [0.4, 0.5) is 0 Å². The number of benzene rings is 1. The van der Waals surface area contributed by atoms with Gasteiger partial charge in [-0.2, -0.15) is 30.3 Å². The van der Waals surface area contributed by atoms with Crippen LogP contribution in [0.2, 0.25) is 0 Å². The first-order valence-corrected chi connectivity index (χ1v) is 6.17. The molecule has 0 atom stereocenters. The van der Waals surface area contributed by atoms with E-state index < -0.39 is 5.97 Å². The fourth-order valence-electron chi connectivity index (χ4n) is 2.58. The third kappa shape index (κ3) is 2.26. The van der Waals surface area contributed by atoms with Crippen molar-refractivity contribution in [1.29, 1.82) is 0 Å². The second-order valence-electron chi connectivity index (χ2n) is 4.96. The molecule has 4 rings (SSSR count). The van der Waals surface area contributed by atoms with Crippen molar-refractivity contribution in [2.45, 2.75) is 25.7 Å². The van der Waals surface area contributed by atoms with Crippen LogP contribution in [0, 0.1) is 11.5 Å². The largest absolute Gasteiger partial charge is 1.00 e. The van der Waals surface area contributed by atoms with Gasteiger partial charge in [0.05, 0.1) is 19.8 Å². The van der Waals surface area contributed by atoms with E-state index in [0.717, 1.165) is 38.2 Å². The molecule has 1 aromatic rings. The number of hydrogen-bond donors (Lipinski definition) is 0. The summed E-state index contributed by atoms with van der Waals surface area (Å²) in [7, 11) is 0. The molecular formula is C14H17LiO3. The van der Waals surface area contributed by atoms with E-state index in [1.807, 2.05) is 24.3 Å². The van der Waals surface area contributed by atoms with Crippen molar-refractivity contribution in [2.75, 3.05) is 19.8 Å². The predicted octanol–water partition coefficient (Wildman–Crippen LogP) is -0.535. The summed E-state index contributed by atoms with van der Waals surface area (Å²) in [5.41, 5.74) is 0.985. The van der Waals surface area contributed by atoms with Crippen molar-refractivity contribution in [2.24, 2.45) is 5.41 Å². The SMILES string of the molecule is CCCC12COC(c3cc[c-]cc3)(OC1)OC2.[Li+]. The van der Waals surface area contributed by atoms with Crippen LogP contribution in [0.3, 0.4) is 0 Å². The average molecular weight is 240 g/mol. The summed E-state index contributed by atoms with van der Waals surface area (Å²) >= 11 is 0. The van der Waals surface area contributed by atoms with Gasteiger partial charge in [0, 0.05) is 5.41 Å². The van der Waals surface area contributed by atoms with Gasteiger partial charge < -0.3 is 14.2 Å². The fraction of sp³-hybridized carbons (Fsp3) is 0.571. The smallest absolute Gasteiger partial charge is 0.324 e. The van der Waals surface area contributed by atoms with Gasteiger partial charge >= 0.3 is 18.9 Å². The second-order valence-corrected chi connectivity index (χ2v) is 4.96. The Morgan fingerprint density at radius 3 is 2.17 bits per heavy atom. The van der Waals surface area contributed by atoms with Crippen LogP contribution in [-0.2, 0) is 20.2 Å². The van der Waals surface area contributed by atoms with E-state index in [-0.39, 0.29) is 24.3 Å². The minimum atomic E-state index is -0.968. The summed E-state index contributed by atoms with van der Waals surface area (Å²) in [6, 6.07) is 10.5. The quantitative estimate of drug-likeness (QED) is 0.525. The molecule has 0 N–H and O–H groups in total. The Morgan fingerprint density at radius 2 is 1.67 bits per heavy atom. The Kier molecular flexibility index (Phi) is 4.21. The summed E-state index contributed by atoms with van der Waals surface area (Å²) in [6.45, 7) is 4.34. The number of fused-ring (bicyclic) bond motifs is 3. The molecule has 0 aromatic heterocycles. The Labute approximate surface area is 120 Å². The molecule has 3 heterocycles. The number of ether oxygens (including phenoxy) is 3. The molecule has 3 saturated heterocycles. The second kappa shape index (κ2) is 5.36. The van der Waals surface area contributed by atoms with E-state index >= 15 is 0 Å². The average Bonchev–Trinajstić information content (AvgIpc) is 2.42. The molecule has 0 spiro atoms. The number of hydrogen-bond acceptors (Lipinski definition) is 3. The molecule has 92 valence electrons. The predicted molar refractivity (Wildman–Crippen MR) is 62.2 cm³/mol. The molecule has 0 aliphatic carbocycles. The monoisotopic (exact) mass is 240 g/mol. The van der Waals surface area contributed by atoms with Crippen molar-refractivity contribution in [3.63, 3.8) is 0 Å². The van der Waals surface area contributed by atoms with Crippen LogP contribution >= 0.6 is 0 Å². The zero-order valence-electron chi connectivity index (χ0n) is 11.1. The van der Waals surface area contributed by atoms with Crippen molar-refractivity contribution < 1.29 is 33.1 Å². The summed E-state index contributed by atoms with van der Waals surface area (Å²) < 4.78 is 17.5. The normalized spacial score (nSPS) is 34.1. The molecule has 18 heavy (non-hydrogen) atoms. The topological polar surface area (TPSA) is 27.7 Å². The molecule has 3 aliphatic heterocycles. The Bertz CT molecular complexity index is 369. The van der Waals surface area contributed by atoms with Gasteiger partial charge in [0.1, 0.15) is 0 Å². The first-order chi connectivity index (χ1) is 8.29. The van der Waals surface area contributed by atoms with Gasteiger partial charge in [-0.15, -0.1) is 0 Å². The van der Waals surface area contributed by atoms with Crippen LogP contribution in [0.1, 0.15) is 25.3 Å². The van der Waals surface area contributed by atoms with Crippen LogP contribution < -0.4 is 18.9 Å². The van der Waals surface area contributed by atoms with E-state index in [1.165, 1.54) is 0 Å². The molecule has 4 heteroatoms. The third-order valence-corrected chi connectivity index (χ3v) is 3.56. The zero-order valence-corrected chi connectivity index (χ0v) is 11.1. The summed E-state index contributed by atoms with van der Waals surface area (Å²) in [4.78, 5) is 0. The summed E-state index contributed by atoms with van der Waals surface area (Å²) in [5, 5.41) is 0. The van der Waals surface area contributed by atoms with Crippen molar-refractivity contribution in [3.05, 3.63) is 35.9 Å². The van der Waals surface area contributed by atoms with Gasteiger partial charge in [-0.3, -0.25) is 0 Å². The van der Waals surface area contributed by atoms with E-state index in [2.05, 4.69) is 13.0 Å². The summed E-state index contributed by atoms with van der Waals surface area (Å²) in [5.74, 6) is -0.968. The molecule has 0 radical (unpaired) electrons. The standard InChI is InChI=1S/C14H17O3.Li/c1-2-8-13-9-15-14(16-10-13,17-11-13)12-6-4-3-5-7-12;/h4-7H,2,8-11H2,1H3;/q-1;+1. The maximum Gasteiger partial charge on any atom is 1.00 e. The van der Waals surface area contributed by atoms with Gasteiger partial charge in [-0.05, 0) is 6.42 Å². The molecule has 3 aliphatic rings. The van der Waals surface area contributed by atoms with Crippen molar-refractivity contribution >= 4 is 0 Å². The molecule has 0 saturated carbocycles. The van der Waals surface area contributed by atoms with Gasteiger partial charge in [0.15, 0.2) is 0 Å². The zero-order chi connectivity index (χ0) is 11.8. The molecule has 2 bridgehead atoms. The summed E-state index contributed by atoms with van der Waals surface area (Å²) in [6.07, 6.45) is 2.22. The van der Waals surface area contributed by atoms with Crippen LogP contribution in [-0.4, -0.2) is 19.8 Å². The first kappa shape index (κ1) is 14.1. The van der Waals surface area contributed by atoms with E-state index in [0.29, 0.717) is 0 Å². The van der Waals surface area contributed by atoms with Gasteiger partial charge in [0.2, 0.25) is 0 Å². The van der Waals surface area contributed by atoms with Crippen molar-refractivity contribution in [3.8, 4) is 0 Å². The van der Waals surface area contributed by atoms with Crippen molar-refractivity contribution in [1.82, 2.24) is 0 Å². The maximum absolute atomic E-state index is 5.85. The molecule has 1 aromatic carbocycles. The molecule has 3 nitrogen and oxygen atoms in total. The third-order valence-electron chi connectivity index (χ3n) is 3.56. The Morgan fingerprint density at radius 1 is 1.11 bits per heavy atom. The number of rotatable bonds is 3. The van der Waals surface area contributed by atoms with Crippen LogP contribution in [0.25, 0.3) is 0 Å². The van der Waals surface area contributed by atoms with Gasteiger partial charge in [-0.1, -0.05) is 18.9 Å². The minimum absolute atomic E-state index is 0. The Balaban J connectivity index is 0.00000120. The maximum atomic E-state index is 5.85. The van der Waals surface area contributed by atoms with Gasteiger partial charge in [-0.25, -0.2) is 0 Å². The van der Waals surface area contributed by atoms with Crippen LogP contribution in [0.5, 0.6) is 0 Å². The molecule has 0 amide bonds. The van der Waals surface area contributed by atoms with Crippen LogP contribution in [0.15, 0.2) is 24.3 Å². The molecule has 0 unspecified atom stereocenters. The van der Waals surface area contributed by atoms with E-state index in [1.54, 1.807) is 0 Å². The minimum Gasteiger partial charge on any atom is -0.324 e. The molecule has 3 fully saturated rings. The van der Waals surface area contributed by atoms with Gasteiger partial charge in [0.25, 0.3) is 5.97 Å². The first-order valence-electron chi connectivity index (χ1n) is 6.17.